The van der Waals surface area contributed by atoms with Crippen molar-refractivity contribution in [3.05, 3.63) is 71.5 Å². The first kappa shape index (κ1) is 12.7. The minimum Gasteiger partial charge on any atom is -0.237 e. The number of hydrogen-bond donors (Lipinski definition) is 0. The quantitative estimate of drug-likeness (QED) is 0.666. The summed E-state index contributed by atoms with van der Waals surface area (Å²) in [4.78, 5) is 0. The molecule has 1 aromatic heterocycles. The number of nitrogens with zero attached hydrogens (tertiary/aromatic N) is 2. The van der Waals surface area contributed by atoms with E-state index >= 15 is 0 Å². The van der Waals surface area contributed by atoms with E-state index in [0.717, 1.165) is 11.4 Å². The van der Waals surface area contributed by atoms with Gasteiger partial charge in [-0.1, -0.05) is 48.5 Å². The molecule has 2 nitrogen and oxygen atoms in total. The van der Waals surface area contributed by atoms with Crippen molar-refractivity contribution < 1.29 is 0 Å². The van der Waals surface area contributed by atoms with Crippen LogP contribution in [0.25, 0.3) is 16.8 Å². The molecule has 0 aliphatic rings. The molecule has 0 aliphatic carbocycles. The van der Waals surface area contributed by atoms with E-state index in [0.29, 0.717) is 0 Å². The summed E-state index contributed by atoms with van der Waals surface area (Å²) < 4.78 is 2.05. The van der Waals surface area contributed by atoms with Crippen molar-refractivity contribution in [2.45, 2.75) is 20.8 Å². The summed E-state index contributed by atoms with van der Waals surface area (Å²) in [5, 5.41) is 4.68. The van der Waals surface area contributed by atoms with Gasteiger partial charge in [-0.3, -0.25) is 0 Å². The van der Waals surface area contributed by atoms with Crippen LogP contribution in [0.5, 0.6) is 0 Å². The minimum absolute atomic E-state index is 1.09. The van der Waals surface area contributed by atoms with Gasteiger partial charge < -0.3 is 0 Å². The van der Waals surface area contributed by atoms with Gasteiger partial charge in [0.1, 0.15) is 0 Å². The standard InChI is InChI=1S/C18H18N2/c1-13-14(2)19-20(15(13)3)18-12-8-7-11-17(18)16-9-5-4-6-10-16/h4-12H,1-3H3. The van der Waals surface area contributed by atoms with Crippen molar-refractivity contribution in [2.24, 2.45) is 0 Å². The molecule has 0 atom stereocenters. The molecule has 0 amide bonds. The Morgan fingerprint density at radius 2 is 1.45 bits per heavy atom. The molecule has 0 aliphatic heterocycles. The van der Waals surface area contributed by atoms with Crippen LogP contribution in [0.1, 0.15) is 17.0 Å². The lowest BCUT2D eigenvalue weighted by Gasteiger charge is -2.11. The van der Waals surface area contributed by atoms with Gasteiger partial charge in [0.25, 0.3) is 0 Å². The molecular formula is C18H18N2. The fourth-order valence-corrected chi connectivity index (χ4v) is 2.48. The first-order valence-electron chi connectivity index (χ1n) is 6.86. The van der Waals surface area contributed by atoms with Gasteiger partial charge in [0.05, 0.1) is 11.4 Å². The number of aryl methyl sites for hydroxylation is 1. The molecular weight excluding hydrogens is 244 g/mol. The summed E-state index contributed by atoms with van der Waals surface area (Å²) in [6.45, 7) is 6.31. The average Bonchev–Trinajstić information content (AvgIpc) is 2.76. The van der Waals surface area contributed by atoms with E-state index < -0.39 is 0 Å². The molecule has 0 unspecified atom stereocenters. The summed E-state index contributed by atoms with van der Waals surface area (Å²) in [5.41, 5.74) is 7.10. The predicted molar refractivity (Wildman–Crippen MR) is 83.2 cm³/mol. The van der Waals surface area contributed by atoms with Crippen LogP contribution in [0, 0.1) is 20.8 Å². The van der Waals surface area contributed by atoms with Crippen molar-refractivity contribution in [1.29, 1.82) is 0 Å². The smallest absolute Gasteiger partial charge is 0.0727 e. The zero-order chi connectivity index (χ0) is 14.1. The Hall–Kier alpha value is -2.35. The van der Waals surface area contributed by atoms with Gasteiger partial charge in [0, 0.05) is 11.3 Å². The Bertz CT molecular complexity index is 739. The molecule has 0 fully saturated rings. The van der Waals surface area contributed by atoms with E-state index in [1.807, 2.05) is 10.7 Å². The van der Waals surface area contributed by atoms with Gasteiger partial charge in [-0.2, -0.15) is 5.10 Å². The SMILES string of the molecule is Cc1nn(-c2ccccc2-c2ccccc2)c(C)c1C. The van der Waals surface area contributed by atoms with Crippen LogP contribution in [-0.2, 0) is 0 Å². The predicted octanol–water partition coefficient (Wildman–Crippen LogP) is 4.46. The van der Waals surface area contributed by atoms with E-state index in [-0.39, 0.29) is 0 Å². The average molecular weight is 262 g/mol. The molecule has 0 saturated heterocycles. The molecule has 2 aromatic carbocycles. The third-order valence-corrected chi connectivity index (χ3v) is 3.87. The van der Waals surface area contributed by atoms with Gasteiger partial charge in [-0.05, 0) is 38.0 Å². The van der Waals surface area contributed by atoms with Crippen molar-refractivity contribution in [3.8, 4) is 16.8 Å². The molecule has 3 aromatic rings. The monoisotopic (exact) mass is 262 g/mol. The molecule has 0 N–H and O–H groups in total. The highest BCUT2D eigenvalue weighted by Gasteiger charge is 2.12. The van der Waals surface area contributed by atoms with Crippen LogP contribution in [-0.4, -0.2) is 9.78 Å². The fourth-order valence-electron chi connectivity index (χ4n) is 2.48. The summed E-state index contributed by atoms with van der Waals surface area (Å²) in [5.74, 6) is 0. The molecule has 1 heterocycles. The number of aromatic nitrogens is 2. The molecule has 0 bridgehead atoms. The van der Waals surface area contributed by atoms with E-state index in [4.69, 9.17) is 0 Å². The lowest BCUT2D eigenvalue weighted by Crippen LogP contribution is -2.01. The van der Waals surface area contributed by atoms with Crippen LogP contribution in [0.15, 0.2) is 54.6 Å². The number of hydrogen-bond acceptors (Lipinski definition) is 1. The van der Waals surface area contributed by atoms with E-state index in [2.05, 4.69) is 74.4 Å². The third kappa shape index (κ3) is 2.03. The number of benzene rings is 2. The van der Waals surface area contributed by atoms with Gasteiger partial charge in [0.2, 0.25) is 0 Å². The first-order valence-corrected chi connectivity index (χ1v) is 6.86. The Morgan fingerprint density at radius 3 is 2.10 bits per heavy atom. The van der Waals surface area contributed by atoms with E-state index in [9.17, 15) is 0 Å². The lowest BCUT2D eigenvalue weighted by atomic mass is 10.0. The Morgan fingerprint density at radius 1 is 0.800 bits per heavy atom. The highest BCUT2D eigenvalue weighted by molar-refractivity contribution is 5.73. The number of para-hydroxylation sites is 1. The lowest BCUT2D eigenvalue weighted by molar-refractivity contribution is 0.835. The van der Waals surface area contributed by atoms with Gasteiger partial charge in [0.15, 0.2) is 0 Å². The van der Waals surface area contributed by atoms with E-state index in [1.54, 1.807) is 0 Å². The zero-order valence-electron chi connectivity index (χ0n) is 12.1. The van der Waals surface area contributed by atoms with Crippen molar-refractivity contribution in [2.75, 3.05) is 0 Å². The van der Waals surface area contributed by atoms with Crippen molar-refractivity contribution >= 4 is 0 Å². The fraction of sp³-hybridized carbons (Fsp3) is 0.167. The van der Waals surface area contributed by atoms with Crippen LogP contribution < -0.4 is 0 Å². The van der Waals surface area contributed by atoms with Gasteiger partial charge in [-0.15, -0.1) is 0 Å². The maximum absolute atomic E-state index is 4.68. The molecule has 20 heavy (non-hydrogen) atoms. The molecule has 3 rings (SSSR count). The molecule has 2 heteroatoms. The second-order valence-electron chi connectivity index (χ2n) is 5.09. The minimum atomic E-state index is 1.09. The maximum Gasteiger partial charge on any atom is 0.0727 e. The second-order valence-corrected chi connectivity index (χ2v) is 5.09. The molecule has 0 saturated carbocycles. The normalized spacial score (nSPS) is 10.8. The molecule has 0 radical (unpaired) electrons. The number of rotatable bonds is 2. The van der Waals surface area contributed by atoms with E-state index in [1.165, 1.54) is 22.4 Å². The Labute approximate surface area is 119 Å². The maximum atomic E-state index is 4.68. The zero-order valence-corrected chi connectivity index (χ0v) is 12.1. The van der Waals surface area contributed by atoms with Crippen LogP contribution in [0.4, 0.5) is 0 Å². The largest absolute Gasteiger partial charge is 0.237 e. The summed E-state index contributed by atoms with van der Waals surface area (Å²) in [6.07, 6.45) is 0. The highest BCUT2D eigenvalue weighted by atomic mass is 15.3. The van der Waals surface area contributed by atoms with Gasteiger partial charge in [-0.25, -0.2) is 4.68 Å². The first-order chi connectivity index (χ1) is 9.68. The Kier molecular flexibility index (Phi) is 3.15. The van der Waals surface area contributed by atoms with Crippen LogP contribution in [0.3, 0.4) is 0 Å². The van der Waals surface area contributed by atoms with Gasteiger partial charge >= 0.3 is 0 Å². The third-order valence-electron chi connectivity index (χ3n) is 3.87. The Balaban J connectivity index is 2.23. The van der Waals surface area contributed by atoms with Crippen molar-refractivity contribution in [1.82, 2.24) is 9.78 Å². The molecule has 100 valence electrons. The van der Waals surface area contributed by atoms with Crippen LogP contribution in [0.2, 0.25) is 0 Å². The summed E-state index contributed by atoms with van der Waals surface area (Å²) in [6, 6.07) is 18.9. The van der Waals surface area contributed by atoms with Crippen LogP contribution >= 0.6 is 0 Å². The van der Waals surface area contributed by atoms with Crippen molar-refractivity contribution in [3.63, 3.8) is 0 Å². The summed E-state index contributed by atoms with van der Waals surface area (Å²) >= 11 is 0. The topological polar surface area (TPSA) is 17.8 Å². The summed E-state index contributed by atoms with van der Waals surface area (Å²) in [7, 11) is 0. The molecule has 0 spiro atoms. The highest BCUT2D eigenvalue weighted by Crippen LogP contribution is 2.28. The second kappa shape index (κ2) is 4.97.